The van der Waals surface area contributed by atoms with Gasteiger partial charge in [0.15, 0.2) is 5.58 Å². The molecule has 0 saturated carbocycles. The van der Waals surface area contributed by atoms with Gasteiger partial charge in [0, 0.05) is 22.3 Å². The number of para-hydroxylation sites is 1. The van der Waals surface area contributed by atoms with Crippen LogP contribution in [0, 0.1) is 0 Å². The molecule has 0 radical (unpaired) electrons. The fraction of sp³-hybridized carbons (Fsp3) is 0. The number of fused-ring (bicyclic) bond motifs is 4. The highest BCUT2D eigenvalue weighted by Gasteiger charge is 2.19. The number of hydrogen-bond donors (Lipinski definition) is 0. The van der Waals surface area contributed by atoms with E-state index < -0.39 is 0 Å². The van der Waals surface area contributed by atoms with Crippen molar-refractivity contribution in [3.63, 3.8) is 0 Å². The Kier molecular flexibility index (Phi) is 5.79. The second-order valence-electron chi connectivity index (χ2n) is 10.4. The number of nitrogens with zero attached hydrogens (tertiary/aromatic N) is 2. The highest BCUT2D eigenvalue weighted by Crippen LogP contribution is 2.42. The van der Waals surface area contributed by atoms with E-state index in [2.05, 4.69) is 126 Å². The average Bonchev–Trinajstić information content (AvgIpc) is 3.51. The molecule has 0 unspecified atom stereocenters. The fourth-order valence-electron chi connectivity index (χ4n) is 5.91. The van der Waals surface area contributed by atoms with Crippen LogP contribution in [-0.2, 0) is 0 Å². The lowest BCUT2D eigenvalue weighted by Crippen LogP contribution is -2.10. The van der Waals surface area contributed by atoms with E-state index in [0.29, 0.717) is 5.89 Å². The lowest BCUT2D eigenvalue weighted by atomic mass is 9.98. The van der Waals surface area contributed by atoms with Crippen molar-refractivity contribution in [1.82, 2.24) is 4.98 Å². The van der Waals surface area contributed by atoms with Crippen LogP contribution >= 0.6 is 0 Å². The third-order valence-corrected chi connectivity index (χ3v) is 7.88. The standard InChI is InChI=1S/C39H26N2O/c1-3-12-30(13-4-1)39-40-38-36(42-39)26-23-29-15-10-20-35(37(29)38)41(31-16-5-2-6-17-31)32-24-21-28(22-25-32)34-19-9-14-27-11-7-8-18-33(27)34/h1-26H. The molecule has 1 heterocycles. The van der Waals surface area contributed by atoms with E-state index in [0.717, 1.165) is 44.5 Å². The maximum absolute atomic E-state index is 6.28. The van der Waals surface area contributed by atoms with E-state index in [1.165, 1.54) is 21.9 Å². The molecule has 3 nitrogen and oxygen atoms in total. The Balaban J connectivity index is 1.31. The Morgan fingerprint density at radius 1 is 0.476 bits per heavy atom. The third-order valence-electron chi connectivity index (χ3n) is 7.88. The average molecular weight is 539 g/mol. The van der Waals surface area contributed by atoms with Gasteiger partial charge in [-0.3, -0.25) is 0 Å². The molecule has 0 bridgehead atoms. The first-order valence-corrected chi connectivity index (χ1v) is 14.1. The third kappa shape index (κ3) is 4.11. The van der Waals surface area contributed by atoms with Gasteiger partial charge in [0.25, 0.3) is 0 Å². The molecule has 0 fully saturated rings. The molecule has 0 N–H and O–H groups in total. The van der Waals surface area contributed by atoms with E-state index in [-0.39, 0.29) is 0 Å². The van der Waals surface area contributed by atoms with Gasteiger partial charge in [-0.15, -0.1) is 0 Å². The number of benzene rings is 7. The van der Waals surface area contributed by atoms with Crippen molar-refractivity contribution in [1.29, 1.82) is 0 Å². The minimum atomic E-state index is 0.624. The Labute approximate surface area is 243 Å². The van der Waals surface area contributed by atoms with Crippen molar-refractivity contribution in [2.24, 2.45) is 0 Å². The SMILES string of the molecule is c1ccc(-c2nc3c(ccc4cccc(N(c5ccccc5)c5ccc(-c6cccc7ccccc67)cc5)c43)o2)cc1. The summed E-state index contributed by atoms with van der Waals surface area (Å²) < 4.78 is 6.28. The molecule has 0 saturated heterocycles. The summed E-state index contributed by atoms with van der Waals surface area (Å²) in [4.78, 5) is 7.34. The normalized spacial score (nSPS) is 11.3. The molecule has 0 amide bonds. The number of rotatable bonds is 5. The molecule has 8 aromatic rings. The first-order chi connectivity index (χ1) is 20.8. The summed E-state index contributed by atoms with van der Waals surface area (Å²) in [6.07, 6.45) is 0. The van der Waals surface area contributed by atoms with Gasteiger partial charge >= 0.3 is 0 Å². The highest BCUT2D eigenvalue weighted by molar-refractivity contribution is 6.13. The van der Waals surface area contributed by atoms with Gasteiger partial charge in [-0.25, -0.2) is 4.98 Å². The van der Waals surface area contributed by atoms with E-state index in [1.54, 1.807) is 0 Å². The summed E-state index contributed by atoms with van der Waals surface area (Å²) in [5.74, 6) is 0.624. The van der Waals surface area contributed by atoms with Gasteiger partial charge in [-0.05, 0) is 75.8 Å². The maximum atomic E-state index is 6.28. The molecule has 42 heavy (non-hydrogen) atoms. The molecule has 1 aromatic heterocycles. The van der Waals surface area contributed by atoms with Gasteiger partial charge in [0.2, 0.25) is 5.89 Å². The van der Waals surface area contributed by atoms with Crippen molar-refractivity contribution in [2.75, 3.05) is 4.90 Å². The van der Waals surface area contributed by atoms with Crippen molar-refractivity contribution < 1.29 is 4.42 Å². The van der Waals surface area contributed by atoms with Gasteiger partial charge < -0.3 is 9.32 Å². The highest BCUT2D eigenvalue weighted by atomic mass is 16.3. The number of anilines is 3. The summed E-state index contributed by atoms with van der Waals surface area (Å²) in [7, 11) is 0. The zero-order valence-electron chi connectivity index (χ0n) is 22.8. The van der Waals surface area contributed by atoms with Gasteiger partial charge in [-0.1, -0.05) is 109 Å². The van der Waals surface area contributed by atoms with Gasteiger partial charge in [-0.2, -0.15) is 0 Å². The van der Waals surface area contributed by atoms with Crippen molar-refractivity contribution in [3.8, 4) is 22.6 Å². The van der Waals surface area contributed by atoms with Crippen LogP contribution in [-0.4, -0.2) is 4.98 Å². The molecular formula is C39H26N2O. The van der Waals surface area contributed by atoms with E-state index >= 15 is 0 Å². The minimum Gasteiger partial charge on any atom is -0.436 e. The largest absolute Gasteiger partial charge is 0.436 e. The van der Waals surface area contributed by atoms with Gasteiger partial charge in [0.05, 0.1) is 5.69 Å². The predicted octanol–water partition coefficient (Wildman–Crippen LogP) is 10.9. The Hall–Kier alpha value is -5.67. The predicted molar refractivity (Wildman–Crippen MR) is 175 cm³/mol. The minimum absolute atomic E-state index is 0.624. The molecule has 0 aliphatic carbocycles. The fourth-order valence-corrected chi connectivity index (χ4v) is 5.91. The van der Waals surface area contributed by atoms with Crippen LogP contribution in [0.3, 0.4) is 0 Å². The zero-order valence-corrected chi connectivity index (χ0v) is 22.8. The number of hydrogen-bond acceptors (Lipinski definition) is 3. The monoisotopic (exact) mass is 538 g/mol. The lowest BCUT2D eigenvalue weighted by Gasteiger charge is -2.27. The Bertz CT molecular complexity index is 2180. The maximum Gasteiger partial charge on any atom is 0.227 e. The first kappa shape index (κ1) is 24.2. The number of aromatic nitrogens is 1. The first-order valence-electron chi connectivity index (χ1n) is 14.1. The molecule has 0 atom stereocenters. The number of oxazole rings is 1. The second-order valence-corrected chi connectivity index (χ2v) is 10.4. The summed E-state index contributed by atoms with van der Waals surface area (Å²) >= 11 is 0. The zero-order chi connectivity index (χ0) is 27.9. The van der Waals surface area contributed by atoms with E-state index in [1.807, 2.05) is 36.4 Å². The molecular weight excluding hydrogens is 512 g/mol. The summed E-state index contributed by atoms with van der Waals surface area (Å²) in [5.41, 5.74) is 8.21. The molecule has 7 aromatic carbocycles. The quantitative estimate of drug-likeness (QED) is 0.218. The van der Waals surface area contributed by atoms with Crippen molar-refractivity contribution >= 4 is 49.7 Å². The van der Waals surface area contributed by atoms with Crippen LogP contribution < -0.4 is 4.90 Å². The Morgan fingerprint density at radius 2 is 1.14 bits per heavy atom. The second kappa shape index (κ2) is 10.1. The Morgan fingerprint density at radius 3 is 1.98 bits per heavy atom. The summed E-state index contributed by atoms with van der Waals surface area (Å²) in [6, 6.07) is 55.0. The molecule has 0 aliphatic rings. The molecule has 198 valence electrons. The van der Waals surface area contributed by atoms with Crippen molar-refractivity contribution in [2.45, 2.75) is 0 Å². The van der Waals surface area contributed by atoms with Gasteiger partial charge in [0.1, 0.15) is 5.52 Å². The van der Waals surface area contributed by atoms with Crippen LogP contribution in [0.1, 0.15) is 0 Å². The molecule has 3 heteroatoms. The summed E-state index contributed by atoms with van der Waals surface area (Å²) in [5, 5.41) is 4.67. The van der Waals surface area contributed by atoms with E-state index in [4.69, 9.17) is 9.40 Å². The summed E-state index contributed by atoms with van der Waals surface area (Å²) in [6.45, 7) is 0. The van der Waals surface area contributed by atoms with Crippen molar-refractivity contribution in [3.05, 3.63) is 158 Å². The smallest absolute Gasteiger partial charge is 0.227 e. The topological polar surface area (TPSA) is 29.3 Å². The van der Waals surface area contributed by atoms with Crippen LogP contribution in [0.4, 0.5) is 17.1 Å². The molecule has 0 spiro atoms. The lowest BCUT2D eigenvalue weighted by molar-refractivity contribution is 0.620. The van der Waals surface area contributed by atoms with Crippen LogP contribution in [0.15, 0.2) is 162 Å². The van der Waals surface area contributed by atoms with Crippen LogP contribution in [0.2, 0.25) is 0 Å². The molecule has 8 rings (SSSR count). The van der Waals surface area contributed by atoms with Crippen LogP contribution in [0.25, 0.3) is 55.2 Å². The van der Waals surface area contributed by atoms with E-state index in [9.17, 15) is 0 Å². The molecule has 0 aliphatic heterocycles. The van der Waals surface area contributed by atoms with Crippen LogP contribution in [0.5, 0.6) is 0 Å².